The Balaban J connectivity index is 2.30. The van der Waals surface area contributed by atoms with Gasteiger partial charge in [0.2, 0.25) is 5.95 Å². The average molecular weight is 294 g/mol. The fraction of sp³-hybridized carbons (Fsp3) is 0.818. The van der Waals surface area contributed by atoms with Crippen molar-refractivity contribution in [1.29, 1.82) is 0 Å². The second-order valence-corrected chi connectivity index (χ2v) is 5.15. The standard InChI is InChI=1S/C11H17F3N4S/c1-2-17(7-11(12,13)14)9-15-16-10(19)18(9)8-5-3-4-6-8/h8H,2-7H2,1H3,(H,16,19). The summed E-state index contributed by atoms with van der Waals surface area (Å²) in [5, 5.41) is 6.61. The summed E-state index contributed by atoms with van der Waals surface area (Å²) in [6, 6.07) is 0.170. The molecule has 0 radical (unpaired) electrons. The molecule has 1 aliphatic rings. The van der Waals surface area contributed by atoms with Crippen molar-refractivity contribution in [3.05, 3.63) is 4.77 Å². The summed E-state index contributed by atoms with van der Waals surface area (Å²) >= 11 is 5.15. The molecule has 1 heterocycles. The van der Waals surface area contributed by atoms with E-state index in [4.69, 9.17) is 12.2 Å². The lowest BCUT2D eigenvalue weighted by atomic mass is 10.2. The maximum absolute atomic E-state index is 12.6. The Hall–Kier alpha value is -1.05. The largest absolute Gasteiger partial charge is 0.406 e. The van der Waals surface area contributed by atoms with E-state index < -0.39 is 12.7 Å². The van der Waals surface area contributed by atoms with Gasteiger partial charge in [0.05, 0.1) is 0 Å². The summed E-state index contributed by atoms with van der Waals surface area (Å²) in [5.41, 5.74) is 0. The van der Waals surface area contributed by atoms with Gasteiger partial charge in [0.25, 0.3) is 0 Å². The summed E-state index contributed by atoms with van der Waals surface area (Å²) in [7, 11) is 0. The first-order valence-electron chi connectivity index (χ1n) is 6.41. The highest BCUT2D eigenvalue weighted by Gasteiger charge is 2.33. The molecule has 1 fully saturated rings. The fourth-order valence-corrected chi connectivity index (χ4v) is 2.83. The zero-order valence-electron chi connectivity index (χ0n) is 10.7. The first-order valence-corrected chi connectivity index (χ1v) is 6.82. The van der Waals surface area contributed by atoms with Crippen molar-refractivity contribution in [3.8, 4) is 0 Å². The molecule has 1 aliphatic carbocycles. The lowest BCUT2D eigenvalue weighted by Crippen LogP contribution is -2.36. The SMILES string of the molecule is CCN(CC(F)(F)F)c1n[nH]c(=S)n1C1CCCC1. The van der Waals surface area contributed by atoms with Crippen LogP contribution in [0.2, 0.25) is 0 Å². The van der Waals surface area contributed by atoms with Crippen LogP contribution in [0.5, 0.6) is 0 Å². The van der Waals surface area contributed by atoms with Crippen LogP contribution >= 0.6 is 12.2 Å². The van der Waals surface area contributed by atoms with Gasteiger partial charge in [-0.05, 0) is 32.0 Å². The number of nitrogens with zero attached hydrogens (tertiary/aromatic N) is 3. The second kappa shape index (κ2) is 5.52. The third kappa shape index (κ3) is 3.29. The average Bonchev–Trinajstić information content (AvgIpc) is 2.93. The number of hydrogen-bond donors (Lipinski definition) is 1. The Bertz CT molecular complexity index is 473. The first-order chi connectivity index (χ1) is 8.92. The first kappa shape index (κ1) is 14.4. The maximum Gasteiger partial charge on any atom is 0.406 e. The number of rotatable bonds is 4. The van der Waals surface area contributed by atoms with E-state index in [0.717, 1.165) is 25.7 Å². The molecule has 0 amide bonds. The molecule has 2 rings (SSSR count). The van der Waals surface area contributed by atoms with E-state index in [0.29, 0.717) is 10.7 Å². The molecule has 0 bridgehead atoms. The van der Waals surface area contributed by atoms with E-state index in [9.17, 15) is 13.2 Å². The number of halogens is 3. The zero-order chi connectivity index (χ0) is 14.0. The number of aromatic nitrogens is 3. The van der Waals surface area contributed by atoms with Crippen molar-refractivity contribution in [2.24, 2.45) is 0 Å². The molecule has 1 aromatic heterocycles. The molecule has 0 unspecified atom stereocenters. The summed E-state index contributed by atoms with van der Waals surface area (Å²) in [6.07, 6.45) is -0.177. The molecular weight excluding hydrogens is 277 g/mol. The van der Waals surface area contributed by atoms with E-state index >= 15 is 0 Å². The van der Waals surface area contributed by atoms with Crippen LogP contribution in [0.25, 0.3) is 0 Å². The Morgan fingerprint density at radius 1 is 1.42 bits per heavy atom. The van der Waals surface area contributed by atoms with Crippen molar-refractivity contribution in [2.75, 3.05) is 18.0 Å². The number of nitrogens with one attached hydrogen (secondary N) is 1. The number of alkyl halides is 3. The van der Waals surface area contributed by atoms with Gasteiger partial charge < -0.3 is 4.90 Å². The van der Waals surface area contributed by atoms with Crippen LogP contribution in [0.3, 0.4) is 0 Å². The number of H-pyrrole nitrogens is 1. The van der Waals surface area contributed by atoms with Gasteiger partial charge in [-0.15, -0.1) is 5.10 Å². The molecular formula is C11H17F3N4S. The minimum Gasteiger partial charge on any atom is -0.332 e. The van der Waals surface area contributed by atoms with Crippen LogP contribution in [0.15, 0.2) is 0 Å². The highest BCUT2D eigenvalue weighted by molar-refractivity contribution is 7.71. The van der Waals surface area contributed by atoms with Crippen LogP contribution in [-0.4, -0.2) is 34.0 Å². The summed E-state index contributed by atoms with van der Waals surface area (Å²) in [5.74, 6) is 0.303. The summed E-state index contributed by atoms with van der Waals surface area (Å²) in [6.45, 7) is 0.921. The smallest absolute Gasteiger partial charge is 0.332 e. The summed E-state index contributed by atoms with van der Waals surface area (Å²) < 4.78 is 39.9. The molecule has 19 heavy (non-hydrogen) atoms. The normalized spacial score (nSPS) is 17.1. The highest BCUT2D eigenvalue weighted by atomic mass is 32.1. The van der Waals surface area contributed by atoms with E-state index in [1.165, 1.54) is 4.90 Å². The minimum absolute atomic E-state index is 0.170. The van der Waals surface area contributed by atoms with Crippen molar-refractivity contribution in [2.45, 2.75) is 44.8 Å². The van der Waals surface area contributed by atoms with Gasteiger partial charge in [0.1, 0.15) is 6.54 Å². The fourth-order valence-electron chi connectivity index (χ4n) is 2.55. The van der Waals surface area contributed by atoms with Crippen molar-refractivity contribution in [1.82, 2.24) is 14.8 Å². The molecule has 1 saturated carbocycles. The van der Waals surface area contributed by atoms with Gasteiger partial charge >= 0.3 is 6.18 Å². The molecule has 8 heteroatoms. The van der Waals surface area contributed by atoms with Gasteiger partial charge in [-0.1, -0.05) is 12.8 Å². The van der Waals surface area contributed by atoms with Gasteiger partial charge in [-0.2, -0.15) is 13.2 Å². The molecule has 4 nitrogen and oxygen atoms in total. The maximum atomic E-state index is 12.6. The second-order valence-electron chi connectivity index (χ2n) is 4.77. The van der Waals surface area contributed by atoms with E-state index in [1.807, 2.05) is 0 Å². The predicted octanol–water partition coefficient (Wildman–Crippen LogP) is 3.44. The van der Waals surface area contributed by atoms with E-state index in [1.54, 1.807) is 11.5 Å². The monoisotopic (exact) mass is 294 g/mol. The van der Waals surface area contributed by atoms with Crippen molar-refractivity contribution >= 4 is 18.2 Å². The van der Waals surface area contributed by atoms with Gasteiger partial charge in [0.15, 0.2) is 4.77 Å². The van der Waals surface area contributed by atoms with Crippen LogP contribution in [-0.2, 0) is 0 Å². The Morgan fingerprint density at radius 2 is 2.05 bits per heavy atom. The topological polar surface area (TPSA) is 36.9 Å². The molecule has 0 spiro atoms. The Kier molecular flexibility index (Phi) is 4.17. The quantitative estimate of drug-likeness (QED) is 0.864. The van der Waals surface area contributed by atoms with Gasteiger partial charge in [0, 0.05) is 12.6 Å². The van der Waals surface area contributed by atoms with Crippen molar-refractivity contribution < 1.29 is 13.2 Å². The lowest BCUT2D eigenvalue weighted by molar-refractivity contribution is -0.119. The molecule has 108 valence electrons. The molecule has 0 saturated heterocycles. The number of hydrogen-bond acceptors (Lipinski definition) is 3. The zero-order valence-corrected chi connectivity index (χ0v) is 11.5. The van der Waals surface area contributed by atoms with Crippen LogP contribution in [0, 0.1) is 4.77 Å². The Labute approximate surface area is 114 Å². The third-order valence-electron chi connectivity index (χ3n) is 3.41. The van der Waals surface area contributed by atoms with E-state index in [-0.39, 0.29) is 12.6 Å². The molecule has 0 aromatic carbocycles. The molecule has 1 aromatic rings. The van der Waals surface area contributed by atoms with Gasteiger partial charge in [-0.3, -0.25) is 4.57 Å². The molecule has 1 N–H and O–H groups in total. The minimum atomic E-state index is -4.25. The number of aromatic amines is 1. The molecule has 0 aliphatic heterocycles. The van der Waals surface area contributed by atoms with Crippen LogP contribution in [0.4, 0.5) is 19.1 Å². The Morgan fingerprint density at radius 3 is 2.58 bits per heavy atom. The molecule has 0 atom stereocenters. The third-order valence-corrected chi connectivity index (χ3v) is 3.70. The van der Waals surface area contributed by atoms with Gasteiger partial charge in [-0.25, -0.2) is 5.10 Å². The van der Waals surface area contributed by atoms with Crippen LogP contribution < -0.4 is 4.90 Å². The predicted molar refractivity (Wildman–Crippen MR) is 68.9 cm³/mol. The lowest BCUT2D eigenvalue weighted by Gasteiger charge is -2.25. The highest BCUT2D eigenvalue weighted by Crippen LogP contribution is 2.33. The van der Waals surface area contributed by atoms with Crippen molar-refractivity contribution in [3.63, 3.8) is 0 Å². The van der Waals surface area contributed by atoms with E-state index in [2.05, 4.69) is 10.2 Å². The number of anilines is 1. The van der Waals surface area contributed by atoms with Crippen LogP contribution in [0.1, 0.15) is 38.6 Å². The summed E-state index contributed by atoms with van der Waals surface area (Å²) in [4.78, 5) is 1.21.